The van der Waals surface area contributed by atoms with Gasteiger partial charge < -0.3 is 10.1 Å². The number of nitrogens with one attached hydrogen (secondary N) is 1. The standard InChI is InChI=1S/C12H15F2NO2S/c1-15-11(12(16)17-2)5-6-18-8-3-4-9(13)10(14)7-8/h3-4,7,11,15H,5-6H2,1-2H3. The maximum atomic E-state index is 12.9. The largest absolute Gasteiger partial charge is 0.468 e. The van der Waals surface area contributed by atoms with E-state index in [9.17, 15) is 13.6 Å². The van der Waals surface area contributed by atoms with Gasteiger partial charge in [0.05, 0.1) is 7.11 Å². The van der Waals surface area contributed by atoms with E-state index in [1.165, 1.54) is 24.9 Å². The summed E-state index contributed by atoms with van der Waals surface area (Å²) >= 11 is 1.36. The number of benzene rings is 1. The minimum atomic E-state index is -0.863. The minimum Gasteiger partial charge on any atom is -0.468 e. The smallest absolute Gasteiger partial charge is 0.322 e. The highest BCUT2D eigenvalue weighted by Crippen LogP contribution is 2.21. The normalized spacial score (nSPS) is 12.2. The summed E-state index contributed by atoms with van der Waals surface area (Å²) in [4.78, 5) is 11.9. The van der Waals surface area contributed by atoms with Crippen molar-refractivity contribution in [1.82, 2.24) is 5.32 Å². The van der Waals surface area contributed by atoms with Crippen LogP contribution in [-0.4, -0.2) is 31.9 Å². The van der Waals surface area contributed by atoms with Gasteiger partial charge in [-0.3, -0.25) is 4.79 Å². The predicted octanol–water partition coefficient (Wildman–Crippen LogP) is 2.21. The summed E-state index contributed by atoms with van der Waals surface area (Å²) in [5, 5.41) is 2.84. The molecular formula is C12H15F2NO2S. The van der Waals surface area contributed by atoms with Crippen LogP contribution in [0.2, 0.25) is 0 Å². The van der Waals surface area contributed by atoms with E-state index in [-0.39, 0.29) is 12.0 Å². The Balaban J connectivity index is 2.45. The van der Waals surface area contributed by atoms with Crippen LogP contribution in [0.1, 0.15) is 6.42 Å². The van der Waals surface area contributed by atoms with Gasteiger partial charge in [0.25, 0.3) is 0 Å². The maximum Gasteiger partial charge on any atom is 0.322 e. The zero-order valence-corrected chi connectivity index (χ0v) is 11.0. The van der Waals surface area contributed by atoms with Crippen LogP contribution in [0.15, 0.2) is 23.1 Å². The first-order valence-electron chi connectivity index (χ1n) is 5.41. The molecular weight excluding hydrogens is 260 g/mol. The molecule has 1 unspecified atom stereocenters. The predicted molar refractivity (Wildman–Crippen MR) is 66.6 cm³/mol. The number of hydrogen-bond acceptors (Lipinski definition) is 4. The molecule has 0 bridgehead atoms. The van der Waals surface area contributed by atoms with Gasteiger partial charge in [-0.15, -0.1) is 11.8 Å². The Hall–Kier alpha value is -1.14. The van der Waals surface area contributed by atoms with Crippen LogP contribution < -0.4 is 5.32 Å². The van der Waals surface area contributed by atoms with E-state index in [2.05, 4.69) is 10.1 Å². The van der Waals surface area contributed by atoms with E-state index >= 15 is 0 Å². The summed E-state index contributed by atoms with van der Waals surface area (Å²) in [5.41, 5.74) is 0. The zero-order valence-electron chi connectivity index (χ0n) is 10.2. The third kappa shape index (κ3) is 4.27. The fraction of sp³-hybridized carbons (Fsp3) is 0.417. The Morgan fingerprint density at radius 2 is 2.17 bits per heavy atom. The average Bonchev–Trinajstić information content (AvgIpc) is 2.38. The van der Waals surface area contributed by atoms with Gasteiger partial charge in [-0.05, 0) is 31.7 Å². The van der Waals surface area contributed by atoms with E-state index in [1.807, 2.05) is 0 Å². The van der Waals surface area contributed by atoms with Crippen molar-refractivity contribution < 1.29 is 18.3 Å². The molecule has 1 rings (SSSR count). The maximum absolute atomic E-state index is 12.9. The number of thioether (sulfide) groups is 1. The number of ether oxygens (including phenoxy) is 1. The van der Waals surface area contributed by atoms with Crippen LogP contribution in [0.3, 0.4) is 0 Å². The van der Waals surface area contributed by atoms with E-state index in [0.29, 0.717) is 17.1 Å². The topological polar surface area (TPSA) is 38.3 Å². The van der Waals surface area contributed by atoms with Crippen molar-refractivity contribution in [2.24, 2.45) is 0 Å². The summed E-state index contributed by atoms with van der Waals surface area (Å²) in [6.45, 7) is 0. The molecule has 0 saturated carbocycles. The molecule has 1 atom stereocenters. The lowest BCUT2D eigenvalue weighted by atomic mass is 10.2. The summed E-state index contributed by atoms with van der Waals surface area (Å²) < 4.78 is 30.3. The SMILES string of the molecule is CNC(CCSc1ccc(F)c(F)c1)C(=O)OC. The number of rotatable bonds is 6. The Morgan fingerprint density at radius 1 is 1.44 bits per heavy atom. The molecule has 0 aromatic heterocycles. The van der Waals surface area contributed by atoms with Crippen molar-refractivity contribution in [1.29, 1.82) is 0 Å². The molecule has 0 aliphatic heterocycles. The number of hydrogen-bond donors (Lipinski definition) is 1. The number of carbonyl (C=O) groups is 1. The van der Waals surface area contributed by atoms with Gasteiger partial charge in [0.15, 0.2) is 11.6 Å². The third-order valence-electron chi connectivity index (χ3n) is 2.40. The van der Waals surface area contributed by atoms with E-state index in [1.54, 1.807) is 7.05 Å². The molecule has 0 saturated heterocycles. The Bertz CT molecular complexity index is 415. The molecule has 0 radical (unpaired) electrons. The molecule has 1 aromatic rings. The second-order valence-corrected chi connectivity index (χ2v) is 4.75. The molecule has 1 N–H and O–H groups in total. The van der Waals surface area contributed by atoms with Gasteiger partial charge in [0.2, 0.25) is 0 Å². The van der Waals surface area contributed by atoms with E-state index in [4.69, 9.17) is 0 Å². The highest BCUT2D eigenvalue weighted by molar-refractivity contribution is 7.99. The van der Waals surface area contributed by atoms with Crippen LogP contribution in [0.4, 0.5) is 8.78 Å². The van der Waals surface area contributed by atoms with Crippen LogP contribution in [0.25, 0.3) is 0 Å². The molecule has 0 fully saturated rings. The quantitative estimate of drug-likeness (QED) is 0.638. The number of carbonyl (C=O) groups excluding carboxylic acids is 1. The van der Waals surface area contributed by atoms with Gasteiger partial charge in [-0.2, -0.15) is 0 Å². The fourth-order valence-electron chi connectivity index (χ4n) is 1.38. The van der Waals surface area contributed by atoms with Crippen LogP contribution in [0.5, 0.6) is 0 Å². The molecule has 0 heterocycles. The molecule has 0 aliphatic rings. The molecule has 0 aliphatic carbocycles. The summed E-state index contributed by atoms with van der Waals surface area (Å²) in [6.07, 6.45) is 0.548. The van der Waals surface area contributed by atoms with Crippen molar-refractivity contribution in [2.75, 3.05) is 19.9 Å². The van der Waals surface area contributed by atoms with E-state index in [0.717, 1.165) is 12.1 Å². The van der Waals surface area contributed by atoms with Crippen LogP contribution in [0, 0.1) is 11.6 Å². The van der Waals surface area contributed by atoms with Crippen molar-refractivity contribution in [3.63, 3.8) is 0 Å². The first kappa shape index (κ1) is 14.9. The minimum absolute atomic E-state index is 0.330. The fourth-order valence-corrected chi connectivity index (χ4v) is 2.32. The monoisotopic (exact) mass is 275 g/mol. The Kier molecular flexibility index (Phi) is 6.07. The van der Waals surface area contributed by atoms with Crippen molar-refractivity contribution in [3.8, 4) is 0 Å². The number of halogens is 2. The molecule has 1 aromatic carbocycles. The first-order chi connectivity index (χ1) is 8.58. The van der Waals surface area contributed by atoms with Crippen LogP contribution >= 0.6 is 11.8 Å². The van der Waals surface area contributed by atoms with E-state index < -0.39 is 11.6 Å². The van der Waals surface area contributed by atoms with Gasteiger partial charge in [-0.1, -0.05) is 0 Å². The summed E-state index contributed by atoms with van der Waals surface area (Å²) in [6, 6.07) is 3.36. The number of likely N-dealkylation sites (N-methyl/N-ethyl adjacent to an activating group) is 1. The second kappa shape index (κ2) is 7.33. The lowest BCUT2D eigenvalue weighted by Gasteiger charge is -2.12. The highest BCUT2D eigenvalue weighted by atomic mass is 32.2. The zero-order chi connectivity index (χ0) is 13.5. The van der Waals surface area contributed by atoms with Gasteiger partial charge in [0, 0.05) is 10.6 Å². The summed E-state index contributed by atoms with van der Waals surface area (Å²) in [7, 11) is 3.00. The number of esters is 1. The molecule has 0 spiro atoms. The molecule has 3 nitrogen and oxygen atoms in total. The second-order valence-electron chi connectivity index (χ2n) is 3.58. The van der Waals surface area contributed by atoms with Crippen LogP contribution in [-0.2, 0) is 9.53 Å². The van der Waals surface area contributed by atoms with Crippen molar-refractivity contribution in [2.45, 2.75) is 17.4 Å². The lowest BCUT2D eigenvalue weighted by Crippen LogP contribution is -2.35. The van der Waals surface area contributed by atoms with Crippen molar-refractivity contribution >= 4 is 17.7 Å². The first-order valence-corrected chi connectivity index (χ1v) is 6.40. The molecule has 100 valence electrons. The molecule has 0 amide bonds. The van der Waals surface area contributed by atoms with Crippen molar-refractivity contribution in [3.05, 3.63) is 29.8 Å². The Morgan fingerprint density at radius 3 is 2.72 bits per heavy atom. The van der Waals surface area contributed by atoms with Gasteiger partial charge >= 0.3 is 5.97 Å². The van der Waals surface area contributed by atoms with Gasteiger partial charge in [-0.25, -0.2) is 8.78 Å². The third-order valence-corrected chi connectivity index (χ3v) is 3.43. The number of methoxy groups -OCH3 is 1. The molecule has 18 heavy (non-hydrogen) atoms. The average molecular weight is 275 g/mol. The summed E-state index contributed by atoms with van der Waals surface area (Å²) in [5.74, 6) is -1.45. The van der Waals surface area contributed by atoms with Gasteiger partial charge in [0.1, 0.15) is 6.04 Å². The molecule has 6 heteroatoms. The Labute approximate surface area is 109 Å². The highest BCUT2D eigenvalue weighted by Gasteiger charge is 2.16. The lowest BCUT2D eigenvalue weighted by molar-refractivity contribution is -0.143.